The van der Waals surface area contributed by atoms with E-state index in [4.69, 9.17) is 21.6 Å². The number of hydrogen-bond acceptors (Lipinski definition) is 3. The van der Waals surface area contributed by atoms with Crippen molar-refractivity contribution in [1.82, 2.24) is 9.55 Å². The molecule has 0 aliphatic carbocycles. The largest absolute Gasteiger partial charge is 0.383 e. The highest BCUT2D eigenvalue weighted by molar-refractivity contribution is 6.20. The van der Waals surface area contributed by atoms with Crippen LogP contribution in [0.3, 0.4) is 0 Å². The molecule has 2 rings (SSSR count). The Morgan fingerprint density at radius 1 is 1.50 bits per heavy atom. The molecule has 0 saturated carbocycles. The van der Waals surface area contributed by atoms with E-state index in [0.717, 1.165) is 23.3 Å². The van der Waals surface area contributed by atoms with Crippen LogP contribution in [0.2, 0.25) is 0 Å². The van der Waals surface area contributed by atoms with E-state index < -0.39 is 0 Å². The Hall–Kier alpha value is -1.57. The Balaban J connectivity index is 2.69. The fourth-order valence-electron chi connectivity index (χ4n) is 2.41. The van der Waals surface area contributed by atoms with E-state index >= 15 is 0 Å². The summed E-state index contributed by atoms with van der Waals surface area (Å²) in [4.78, 5) is 4.60. The van der Waals surface area contributed by atoms with Crippen molar-refractivity contribution in [3.8, 4) is 6.07 Å². The predicted octanol–water partition coefficient (Wildman–Crippen LogP) is 3.81. The van der Waals surface area contributed by atoms with Crippen LogP contribution in [0.5, 0.6) is 0 Å². The second-order valence-corrected chi connectivity index (χ2v) is 5.44. The lowest BCUT2D eigenvalue weighted by molar-refractivity contribution is 0.153. The zero-order chi connectivity index (χ0) is 14.7. The van der Waals surface area contributed by atoms with Crippen molar-refractivity contribution in [3.63, 3.8) is 0 Å². The first-order chi connectivity index (χ1) is 9.62. The molecule has 0 spiro atoms. The second kappa shape index (κ2) is 6.25. The van der Waals surface area contributed by atoms with Crippen molar-refractivity contribution >= 4 is 22.6 Å². The number of aromatic nitrogens is 2. The summed E-state index contributed by atoms with van der Waals surface area (Å²) in [5.74, 6) is 0.820. The number of methoxy groups -OCH3 is 1. The number of benzene rings is 1. The number of ether oxygens (including phenoxy) is 1. The van der Waals surface area contributed by atoms with Crippen LogP contribution in [-0.2, 0) is 4.74 Å². The highest BCUT2D eigenvalue weighted by atomic mass is 35.5. The molecule has 0 aliphatic rings. The van der Waals surface area contributed by atoms with Gasteiger partial charge in [0.25, 0.3) is 0 Å². The summed E-state index contributed by atoms with van der Waals surface area (Å²) in [5, 5.41) is 8.88. The van der Waals surface area contributed by atoms with E-state index in [1.54, 1.807) is 13.2 Å². The topological polar surface area (TPSA) is 50.8 Å². The Labute approximate surface area is 123 Å². The molecule has 20 heavy (non-hydrogen) atoms. The van der Waals surface area contributed by atoms with Gasteiger partial charge in [-0.3, -0.25) is 0 Å². The highest BCUT2D eigenvalue weighted by Crippen LogP contribution is 2.30. The average Bonchev–Trinajstić information content (AvgIpc) is 2.83. The van der Waals surface area contributed by atoms with E-state index in [2.05, 4.69) is 22.5 Å². The van der Waals surface area contributed by atoms with Gasteiger partial charge in [0.2, 0.25) is 0 Å². The zero-order valence-electron chi connectivity index (χ0n) is 11.9. The van der Waals surface area contributed by atoms with Crippen LogP contribution < -0.4 is 0 Å². The Bertz CT molecular complexity index is 642. The summed E-state index contributed by atoms with van der Waals surface area (Å²) in [5.41, 5.74) is 2.43. The molecule has 4 nitrogen and oxygen atoms in total. The molecule has 2 aromatic rings. The third-order valence-electron chi connectivity index (χ3n) is 3.40. The van der Waals surface area contributed by atoms with Crippen LogP contribution in [0.4, 0.5) is 0 Å². The van der Waals surface area contributed by atoms with Crippen molar-refractivity contribution in [2.45, 2.75) is 31.7 Å². The van der Waals surface area contributed by atoms with Gasteiger partial charge in [0, 0.05) is 7.11 Å². The molecule has 2 atom stereocenters. The molecule has 0 saturated heterocycles. The lowest BCUT2D eigenvalue weighted by Gasteiger charge is -2.20. The fraction of sp³-hybridized carbons (Fsp3) is 0.467. The molecule has 1 heterocycles. The molecule has 0 radical (unpaired) electrons. The maximum absolute atomic E-state index is 9.07. The van der Waals surface area contributed by atoms with Gasteiger partial charge in [-0.2, -0.15) is 5.26 Å². The molecule has 0 N–H and O–H groups in total. The van der Waals surface area contributed by atoms with E-state index in [9.17, 15) is 0 Å². The van der Waals surface area contributed by atoms with Crippen LogP contribution in [0.15, 0.2) is 18.2 Å². The predicted molar refractivity (Wildman–Crippen MR) is 79.9 cm³/mol. The highest BCUT2D eigenvalue weighted by Gasteiger charge is 2.21. The lowest BCUT2D eigenvalue weighted by Crippen LogP contribution is -2.17. The number of nitrogens with zero attached hydrogens (tertiary/aromatic N) is 3. The summed E-state index contributed by atoms with van der Waals surface area (Å²) in [7, 11) is 1.69. The lowest BCUT2D eigenvalue weighted by atomic mass is 10.2. The zero-order valence-corrected chi connectivity index (χ0v) is 12.7. The molecule has 1 aromatic heterocycles. The Morgan fingerprint density at radius 3 is 2.80 bits per heavy atom. The van der Waals surface area contributed by atoms with Crippen LogP contribution in [0, 0.1) is 11.3 Å². The molecule has 0 bridgehead atoms. The third kappa shape index (κ3) is 2.65. The van der Waals surface area contributed by atoms with Crippen LogP contribution in [0.1, 0.15) is 43.1 Å². The summed E-state index contributed by atoms with van der Waals surface area (Å²) in [6, 6.07) is 7.84. The van der Waals surface area contributed by atoms with Crippen LogP contribution in [0.25, 0.3) is 11.0 Å². The molecule has 0 fully saturated rings. The third-order valence-corrected chi connectivity index (χ3v) is 3.59. The maximum Gasteiger partial charge on any atom is 0.128 e. The molecule has 5 heteroatoms. The Morgan fingerprint density at radius 2 is 2.25 bits per heavy atom. The number of rotatable bonds is 5. The molecule has 2 unspecified atom stereocenters. The minimum atomic E-state index is -0.196. The number of fused-ring (bicyclic) bond motifs is 1. The molecule has 0 aliphatic heterocycles. The molecular formula is C15H18ClN3O. The number of halogens is 1. The van der Waals surface area contributed by atoms with Crippen LogP contribution >= 0.6 is 11.6 Å². The van der Waals surface area contributed by atoms with Gasteiger partial charge >= 0.3 is 0 Å². The summed E-state index contributed by atoms with van der Waals surface area (Å²) in [6.45, 7) is 4.60. The SMILES string of the molecule is CCC(COC)n1c(C(C)Cl)nc2ccc(C#N)cc21. The van der Waals surface area contributed by atoms with Crippen molar-refractivity contribution < 1.29 is 4.74 Å². The van der Waals surface area contributed by atoms with E-state index in [-0.39, 0.29) is 11.4 Å². The smallest absolute Gasteiger partial charge is 0.128 e. The van der Waals surface area contributed by atoms with E-state index in [1.807, 2.05) is 19.1 Å². The Kier molecular flexibility index (Phi) is 4.64. The van der Waals surface area contributed by atoms with Gasteiger partial charge in [0.05, 0.1) is 40.7 Å². The van der Waals surface area contributed by atoms with Gasteiger partial charge in [0.15, 0.2) is 0 Å². The van der Waals surface area contributed by atoms with Crippen molar-refractivity contribution in [2.75, 3.05) is 13.7 Å². The average molecular weight is 292 g/mol. The number of alkyl halides is 1. The fourth-order valence-corrected chi connectivity index (χ4v) is 2.57. The quantitative estimate of drug-likeness (QED) is 0.787. The van der Waals surface area contributed by atoms with Gasteiger partial charge in [-0.25, -0.2) is 4.98 Å². The van der Waals surface area contributed by atoms with Gasteiger partial charge in [-0.05, 0) is 31.5 Å². The minimum Gasteiger partial charge on any atom is -0.383 e. The van der Waals surface area contributed by atoms with Gasteiger partial charge < -0.3 is 9.30 Å². The summed E-state index contributed by atoms with van der Waals surface area (Å²) in [6.07, 6.45) is 0.909. The number of imidazole rings is 1. The molecular weight excluding hydrogens is 274 g/mol. The summed E-state index contributed by atoms with van der Waals surface area (Å²) >= 11 is 6.27. The summed E-state index contributed by atoms with van der Waals surface area (Å²) < 4.78 is 7.41. The van der Waals surface area contributed by atoms with Gasteiger partial charge in [0.1, 0.15) is 5.82 Å². The minimum absolute atomic E-state index is 0.162. The van der Waals surface area contributed by atoms with E-state index in [0.29, 0.717) is 12.2 Å². The van der Waals surface area contributed by atoms with Gasteiger partial charge in [-0.1, -0.05) is 6.92 Å². The monoisotopic (exact) mass is 291 g/mol. The first kappa shape index (κ1) is 14.8. The molecule has 1 aromatic carbocycles. The molecule has 106 valence electrons. The van der Waals surface area contributed by atoms with Crippen molar-refractivity contribution in [1.29, 1.82) is 5.26 Å². The van der Waals surface area contributed by atoms with Crippen LogP contribution in [-0.4, -0.2) is 23.3 Å². The number of hydrogen-bond donors (Lipinski definition) is 0. The molecule has 0 amide bonds. The second-order valence-electron chi connectivity index (χ2n) is 4.79. The number of nitriles is 1. The first-order valence-corrected chi connectivity index (χ1v) is 7.11. The first-order valence-electron chi connectivity index (χ1n) is 6.67. The van der Waals surface area contributed by atoms with Crippen molar-refractivity contribution in [2.24, 2.45) is 0 Å². The normalized spacial score (nSPS) is 14.2. The maximum atomic E-state index is 9.07. The standard InChI is InChI=1S/C15H18ClN3O/c1-4-12(9-20-3)19-14-7-11(8-17)5-6-13(14)18-15(19)10(2)16/h5-7,10,12H,4,9H2,1-3H3. The van der Waals surface area contributed by atoms with Gasteiger partial charge in [-0.15, -0.1) is 11.6 Å². The van der Waals surface area contributed by atoms with E-state index in [1.165, 1.54) is 0 Å². The van der Waals surface area contributed by atoms with Crippen molar-refractivity contribution in [3.05, 3.63) is 29.6 Å².